The van der Waals surface area contributed by atoms with Crippen molar-refractivity contribution in [3.05, 3.63) is 46.6 Å². The highest BCUT2D eigenvalue weighted by Crippen LogP contribution is 2.30. The van der Waals surface area contributed by atoms with Crippen molar-refractivity contribution in [3.63, 3.8) is 0 Å². The molecule has 1 rings (SSSR count). The maximum Gasteiger partial charge on any atom is 0.333 e. The maximum absolute atomic E-state index is 12.6. The fraction of sp³-hybridized carbons (Fsp3) is 0.775. The van der Waals surface area contributed by atoms with Gasteiger partial charge in [0.15, 0.2) is 12.4 Å². The summed E-state index contributed by atoms with van der Waals surface area (Å²) in [5, 5.41) is 102. The van der Waals surface area contributed by atoms with Gasteiger partial charge in [0.1, 0.15) is 36.6 Å². The van der Waals surface area contributed by atoms with Gasteiger partial charge in [0, 0.05) is 23.3 Å². The molecule has 1 saturated heterocycles. The Morgan fingerprint density at radius 2 is 1.26 bits per heavy atom. The number of ether oxygens (including phenoxy) is 3. The molecule has 1 aliphatic rings. The van der Waals surface area contributed by atoms with E-state index in [-0.39, 0.29) is 17.4 Å². The summed E-state index contributed by atoms with van der Waals surface area (Å²) in [7, 11) is 0. The number of carbonyl (C=O) groups is 1. The van der Waals surface area contributed by atoms with E-state index in [2.05, 4.69) is 26.8 Å². The SMILES string of the molecule is CC[C@H](C)C[C@@H](C)C=C(C)[C@H](O[C@@H]1O[C@H](CO)[C@@H](O)[C@H](O)[C@@H]1O)[C@@H](C)C=C(C)[C@H](O)[C@@H](C)C=C(C)[C@H](O)[C@@H](C)C=C(C)C(=O)O[C@H](CO)[C@@H](O)[C@H](O)CO. The number of hydrogen-bond acceptors (Lipinski definition) is 14. The smallest absolute Gasteiger partial charge is 0.333 e. The number of aliphatic hydroxyl groups is 10. The predicted octanol–water partition coefficient (Wildman–Crippen LogP) is 1.28. The first kappa shape index (κ1) is 50.0. The molecule has 0 aromatic carbocycles. The fourth-order valence-electron chi connectivity index (χ4n) is 6.77. The summed E-state index contributed by atoms with van der Waals surface area (Å²) < 4.78 is 17.1. The van der Waals surface area contributed by atoms with E-state index in [4.69, 9.17) is 19.3 Å². The van der Waals surface area contributed by atoms with E-state index < -0.39 is 105 Å². The van der Waals surface area contributed by atoms with Gasteiger partial charge in [-0.15, -0.1) is 0 Å². The molecule has 0 aromatic heterocycles. The summed E-state index contributed by atoms with van der Waals surface area (Å²) >= 11 is 0. The van der Waals surface area contributed by atoms with Crippen molar-refractivity contribution in [2.75, 3.05) is 19.8 Å². The molecule has 1 aliphatic heterocycles. The molecule has 10 N–H and O–H groups in total. The average Bonchev–Trinajstić information content (AvgIpc) is 3.13. The van der Waals surface area contributed by atoms with Crippen LogP contribution in [0.3, 0.4) is 0 Å². The zero-order chi connectivity index (χ0) is 41.6. The van der Waals surface area contributed by atoms with Crippen LogP contribution in [-0.4, -0.2) is 144 Å². The third-order valence-corrected chi connectivity index (χ3v) is 10.3. The lowest BCUT2D eigenvalue weighted by Gasteiger charge is -2.41. The molecule has 0 saturated carbocycles. The highest BCUT2D eigenvalue weighted by molar-refractivity contribution is 5.88. The molecule has 0 radical (unpaired) electrons. The quantitative estimate of drug-likeness (QED) is 0.0423. The van der Waals surface area contributed by atoms with Crippen LogP contribution < -0.4 is 0 Å². The summed E-state index contributed by atoms with van der Waals surface area (Å²) in [4.78, 5) is 12.6. The van der Waals surface area contributed by atoms with Crippen LogP contribution in [-0.2, 0) is 19.0 Å². The van der Waals surface area contributed by atoms with Crippen LogP contribution in [0.5, 0.6) is 0 Å². The Hall–Kier alpha value is -2.05. The first-order valence-electron chi connectivity index (χ1n) is 19.0. The van der Waals surface area contributed by atoms with E-state index in [1.807, 2.05) is 19.9 Å². The van der Waals surface area contributed by atoms with Crippen molar-refractivity contribution in [2.45, 2.75) is 149 Å². The van der Waals surface area contributed by atoms with Gasteiger partial charge in [-0.3, -0.25) is 0 Å². The van der Waals surface area contributed by atoms with E-state index in [9.17, 15) is 50.8 Å². The molecule has 0 amide bonds. The first-order valence-corrected chi connectivity index (χ1v) is 19.0. The third-order valence-electron chi connectivity index (χ3n) is 10.3. The van der Waals surface area contributed by atoms with Crippen LogP contribution in [0.15, 0.2) is 46.6 Å². The Morgan fingerprint density at radius 3 is 1.76 bits per heavy atom. The van der Waals surface area contributed by atoms with Gasteiger partial charge in [0.25, 0.3) is 0 Å². The van der Waals surface area contributed by atoms with Crippen LogP contribution in [0, 0.1) is 29.6 Å². The molecule has 314 valence electrons. The van der Waals surface area contributed by atoms with Gasteiger partial charge < -0.3 is 65.3 Å². The molecule has 0 aliphatic carbocycles. The number of allylic oxidation sites excluding steroid dienone is 1. The Balaban J connectivity index is 3.23. The van der Waals surface area contributed by atoms with E-state index in [1.54, 1.807) is 33.8 Å². The molecule has 0 bridgehead atoms. The minimum absolute atomic E-state index is 0.0819. The van der Waals surface area contributed by atoms with Crippen molar-refractivity contribution in [1.82, 2.24) is 0 Å². The van der Waals surface area contributed by atoms with Crippen LogP contribution in [0.1, 0.15) is 82.1 Å². The lowest BCUT2D eigenvalue weighted by Crippen LogP contribution is -2.60. The lowest BCUT2D eigenvalue weighted by atomic mass is 9.87. The van der Waals surface area contributed by atoms with Gasteiger partial charge in [-0.2, -0.15) is 0 Å². The van der Waals surface area contributed by atoms with Gasteiger partial charge in [0.2, 0.25) is 0 Å². The third kappa shape index (κ3) is 14.8. The largest absolute Gasteiger partial charge is 0.454 e. The van der Waals surface area contributed by atoms with Crippen molar-refractivity contribution < 1.29 is 70.1 Å². The Kier molecular flexibility index (Phi) is 22.1. The summed E-state index contributed by atoms with van der Waals surface area (Å²) in [6.07, 6.45) is -5.59. The highest BCUT2D eigenvalue weighted by atomic mass is 16.7. The molecular formula is C40H70O14. The van der Waals surface area contributed by atoms with Gasteiger partial charge in [-0.05, 0) is 62.7 Å². The fourth-order valence-corrected chi connectivity index (χ4v) is 6.77. The standard InChI is InChI=1S/C40H70O14/c1-11-20(2)12-21(3)13-26(8)38(54-40-37(50)36(49)35(48)31(19-43)53-40)27(9)15-24(6)32(45)22(4)14-23(5)33(46)25(7)16-28(10)39(51)52-30(18-42)34(47)29(44)17-41/h13-16,20-22,25,27,29-38,40-50H,11-12,17-19H2,1-10H3/t20-,21+,22-,25-,27-,29+,30+,31+,32+,33-,34-,35+,36-,37-,38-,40-/m0/s1. The molecule has 0 spiro atoms. The molecule has 14 heteroatoms. The van der Waals surface area contributed by atoms with Gasteiger partial charge in [-0.25, -0.2) is 4.79 Å². The molecule has 16 atom stereocenters. The Bertz CT molecular complexity index is 1250. The molecule has 14 nitrogen and oxygen atoms in total. The van der Waals surface area contributed by atoms with Crippen molar-refractivity contribution in [3.8, 4) is 0 Å². The Labute approximate surface area is 321 Å². The van der Waals surface area contributed by atoms with Crippen LogP contribution >= 0.6 is 0 Å². The minimum atomic E-state index is -1.71. The van der Waals surface area contributed by atoms with Crippen molar-refractivity contribution in [1.29, 1.82) is 0 Å². The zero-order valence-electron chi connectivity index (χ0n) is 33.7. The average molecular weight is 775 g/mol. The summed E-state index contributed by atoms with van der Waals surface area (Å²) in [5.74, 6) is -1.63. The van der Waals surface area contributed by atoms with Crippen LogP contribution in [0.25, 0.3) is 0 Å². The second-order valence-corrected chi connectivity index (χ2v) is 15.4. The number of esters is 1. The van der Waals surface area contributed by atoms with Gasteiger partial charge in [-0.1, -0.05) is 72.3 Å². The van der Waals surface area contributed by atoms with Gasteiger partial charge >= 0.3 is 5.97 Å². The van der Waals surface area contributed by atoms with E-state index in [0.717, 1.165) is 18.4 Å². The van der Waals surface area contributed by atoms with Gasteiger partial charge in [0.05, 0.1) is 38.1 Å². The first-order chi connectivity index (χ1) is 25.1. The summed E-state index contributed by atoms with van der Waals surface area (Å²) in [5.41, 5.74) is 2.06. The second-order valence-electron chi connectivity index (χ2n) is 15.4. The number of rotatable bonds is 22. The molecule has 54 heavy (non-hydrogen) atoms. The maximum atomic E-state index is 12.6. The summed E-state index contributed by atoms with van der Waals surface area (Å²) in [6, 6.07) is 0. The topological polar surface area (TPSA) is 247 Å². The van der Waals surface area contributed by atoms with Crippen molar-refractivity contribution in [2.24, 2.45) is 29.6 Å². The minimum Gasteiger partial charge on any atom is -0.454 e. The second kappa shape index (κ2) is 23.9. The summed E-state index contributed by atoms with van der Waals surface area (Å²) in [6.45, 7) is 16.4. The number of carbonyl (C=O) groups excluding carboxylic acids is 1. The predicted molar refractivity (Wildman–Crippen MR) is 202 cm³/mol. The Morgan fingerprint density at radius 1 is 0.722 bits per heavy atom. The van der Waals surface area contributed by atoms with Crippen molar-refractivity contribution >= 4 is 5.97 Å². The molecule has 0 unspecified atom stereocenters. The molecule has 0 aromatic rings. The lowest BCUT2D eigenvalue weighted by molar-refractivity contribution is -0.310. The zero-order valence-corrected chi connectivity index (χ0v) is 33.7. The van der Waals surface area contributed by atoms with E-state index in [1.165, 1.54) is 13.0 Å². The monoisotopic (exact) mass is 774 g/mol. The number of hydrogen-bond donors (Lipinski definition) is 10. The molecule has 1 heterocycles. The van der Waals surface area contributed by atoms with Crippen LogP contribution in [0.2, 0.25) is 0 Å². The number of aliphatic hydroxyl groups excluding tert-OH is 10. The molecule has 1 fully saturated rings. The highest BCUT2D eigenvalue weighted by Gasteiger charge is 2.45. The van der Waals surface area contributed by atoms with E-state index >= 15 is 0 Å². The van der Waals surface area contributed by atoms with E-state index in [0.29, 0.717) is 17.1 Å². The normalized spacial score (nSPS) is 28.3. The van der Waals surface area contributed by atoms with Crippen LogP contribution in [0.4, 0.5) is 0 Å². The molecular weight excluding hydrogens is 704 g/mol.